The summed E-state index contributed by atoms with van der Waals surface area (Å²) in [6, 6.07) is 0. The minimum atomic E-state index is -0.108. The van der Waals surface area contributed by atoms with Crippen LogP contribution in [0.5, 0.6) is 0 Å². The molecule has 0 spiro atoms. The number of aliphatic imine (C=N–C) groups is 1. The molecule has 0 unspecified atom stereocenters. The molecule has 0 aliphatic carbocycles. The molecule has 0 aromatic carbocycles. The van der Waals surface area contributed by atoms with Gasteiger partial charge in [0.1, 0.15) is 5.70 Å². The second kappa shape index (κ2) is 2.44. The van der Waals surface area contributed by atoms with Crippen LogP contribution < -0.4 is 5.32 Å². The highest BCUT2D eigenvalue weighted by Gasteiger charge is 2.06. The molecule has 1 aliphatic heterocycles. The highest BCUT2D eigenvalue weighted by Crippen LogP contribution is 2.03. The molecule has 0 atom stereocenters. The lowest BCUT2D eigenvalue weighted by Gasteiger charge is -1.93. The summed E-state index contributed by atoms with van der Waals surface area (Å²) in [5, 5.41) is 2.49. The van der Waals surface area contributed by atoms with Crippen molar-refractivity contribution in [2.45, 2.75) is 6.42 Å². The van der Waals surface area contributed by atoms with Gasteiger partial charge in [0.2, 0.25) is 0 Å². The van der Waals surface area contributed by atoms with Crippen molar-refractivity contribution in [3.63, 3.8) is 0 Å². The zero-order chi connectivity index (χ0) is 6.69. The maximum Gasteiger partial charge on any atom is 0.269 e. The van der Waals surface area contributed by atoms with E-state index in [0.29, 0.717) is 5.70 Å². The second-order valence-corrected chi connectivity index (χ2v) is 1.72. The van der Waals surface area contributed by atoms with Gasteiger partial charge in [0, 0.05) is 19.7 Å². The normalized spacial score (nSPS) is 15.4. The summed E-state index contributed by atoms with van der Waals surface area (Å²) < 4.78 is 0. The Bertz CT molecular complexity index is 181. The summed E-state index contributed by atoms with van der Waals surface area (Å²) >= 11 is 0. The van der Waals surface area contributed by atoms with Crippen LogP contribution in [0.3, 0.4) is 0 Å². The van der Waals surface area contributed by atoms with Crippen LogP contribution >= 0.6 is 0 Å². The molecule has 0 fully saturated rings. The van der Waals surface area contributed by atoms with Crippen LogP contribution in [0.15, 0.2) is 16.8 Å². The van der Waals surface area contributed by atoms with E-state index in [1.165, 1.54) is 0 Å². The highest BCUT2D eigenvalue weighted by molar-refractivity contribution is 5.96. The molecule has 3 heteroatoms. The van der Waals surface area contributed by atoms with Crippen LogP contribution in [0.25, 0.3) is 0 Å². The van der Waals surface area contributed by atoms with Crippen LogP contribution in [0.4, 0.5) is 0 Å². The average Bonchev–Trinajstić information content (AvgIpc) is 2.37. The molecule has 0 radical (unpaired) electrons. The molecule has 48 valence electrons. The quantitative estimate of drug-likeness (QED) is 0.529. The van der Waals surface area contributed by atoms with Gasteiger partial charge in [-0.3, -0.25) is 9.79 Å². The Morgan fingerprint density at radius 1 is 1.89 bits per heavy atom. The van der Waals surface area contributed by atoms with Gasteiger partial charge >= 0.3 is 0 Å². The van der Waals surface area contributed by atoms with E-state index in [-0.39, 0.29) is 5.91 Å². The molecule has 0 bridgehead atoms. The van der Waals surface area contributed by atoms with Gasteiger partial charge in [-0.1, -0.05) is 0 Å². The van der Waals surface area contributed by atoms with E-state index in [0.717, 1.165) is 6.42 Å². The van der Waals surface area contributed by atoms with Crippen molar-refractivity contribution in [3.05, 3.63) is 11.8 Å². The summed E-state index contributed by atoms with van der Waals surface area (Å²) in [6.45, 7) is 0. The third-order valence-corrected chi connectivity index (χ3v) is 1.11. The third kappa shape index (κ3) is 1.16. The number of hydrogen-bond donors (Lipinski definition) is 1. The van der Waals surface area contributed by atoms with Crippen molar-refractivity contribution in [1.29, 1.82) is 0 Å². The first-order valence-electron chi connectivity index (χ1n) is 2.79. The number of carbonyl (C=O) groups is 1. The Morgan fingerprint density at radius 2 is 2.67 bits per heavy atom. The maximum atomic E-state index is 10.7. The summed E-state index contributed by atoms with van der Waals surface area (Å²) in [5.41, 5.74) is 0.525. The van der Waals surface area contributed by atoms with Gasteiger partial charge < -0.3 is 5.32 Å². The van der Waals surface area contributed by atoms with Crippen LogP contribution in [0.1, 0.15) is 6.42 Å². The fraction of sp³-hybridized carbons (Fsp3) is 0.333. The number of amides is 1. The first kappa shape index (κ1) is 6.01. The molecule has 0 saturated carbocycles. The fourth-order valence-corrected chi connectivity index (χ4v) is 0.647. The van der Waals surface area contributed by atoms with Gasteiger partial charge in [0.25, 0.3) is 5.91 Å². The molecule has 1 heterocycles. The first-order chi connectivity index (χ1) is 4.34. The average molecular weight is 124 g/mol. The minimum absolute atomic E-state index is 0.108. The van der Waals surface area contributed by atoms with E-state index < -0.39 is 0 Å². The van der Waals surface area contributed by atoms with E-state index in [2.05, 4.69) is 10.3 Å². The van der Waals surface area contributed by atoms with Crippen LogP contribution in [-0.2, 0) is 4.79 Å². The SMILES string of the molecule is CNC(=O)C1=CCC=N1. The van der Waals surface area contributed by atoms with Gasteiger partial charge in [0.05, 0.1) is 0 Å². The number of rotatable bonds is 1. The van der Waals surface area contributed by atoms with Gasteiger partial charge in [-0.15, -0.1) is 0 Å². The van der Waals surface area contributed by atoms with E-state index in [1.54, 1.807) is 19.3 Å². The predicted octanol–water partition coefficient (Wildman–Crippen LogP) is 0.0908. The van der Waals surface area contributed by atoms with Gasteiger partial charge in [-0.25, -0.2) is 0 Å². The number of nitrogens with zero attached hydrogens (tertiary/aromatic N) is 1. The zero-order valence-electron chi connectivity index (χ0n) is 5.22. The second-order valence-electron chi connectivity index (χ2n) is 1.72. The molecule has 1 rings (SSSR count). The Morgan fingerprint density at radius 3 is 3.11 bits per heavy atom. The number of allylic oxidation sites excluding steroid dienone is 1. The standard InChI is InChI=1S/C6H8N2O/c1-7-6(9)5-3-2-4-8-5/h3-4H,2H2,1H3,(H,7,9). The molecule has 1 aliphatic rings. The Hall–Kier alpha value is -1.12. The Kier molecular flexibility index (Phi) is 1.63. The predicted molar refractivity (Wildman–Crippen MR) is 35.3 cm³/mol. The van der Waals surface area contributed by atoms with Gasteiger partial charge in [-0.2, -0.15) is 0 Å². The molecule has 0 saturated heterocycles. The summed E-state index contributed by atoms with van der Waals surface area (Å²) in [7, 11) is 1.59. The first-order valence-corrected chi connectivity index (χ1v) is 2.79. The topological polar surface area (TPSA) is 41.5 Å². The van der Waals surface area contributed by atoms with Gasteiger partial charge in [-0.05, 0) is 6.08 Å². The Balaban J connectivity index is 2.62. The largest absolute Gasteiger partial charge is 0.354 e. The summed E-state index contributed by atoms with van der Waals surface area (Å²) in [4.78, 5) is 14.6. The lowest BCUT2D eigenvalue weighted by atomic mass is 10.4. The number of likely N-dealkylation sites (N-methyl/N-ethyl adjacent to an activating group) is 1. The molecule has 3 nitrogen and oxygen atoms in total. The smallest absolute Gasteiger partial charge is 0.269 e. The molecular formula is C6H8N2O. The lowest BCUT2D eigenvalue weighted by Crippen LogP contribution is -2.18. The van der Waals surface area contributed by atoms with Crippen molar-refractivity contribution in [2.75, 3.05) is 7.05 Å². The van der Waals surface area contributed by atoms with E-state index in [9.17, 15) is 4.79 Å². The zero-order valence-corrected chi connectivity index (χ0v) is 5.22. The van der Waals surface area contributed by atoms with E-state index in [1.807, 2.05) is 0 Å². The van der Waals surface area contributed by atoms with Crippen LogP contribution in [-0.4, -0.2) is 19.2 Å². The van der Waals surface area contributed by atoms with Crippen molar-refractivity contribution in [3.8, 4) is 0 Å². The lowest BCUT2D eigenvalue weighted by molar-refractivity contribution is -0.117. The maximum absolute atomic E-state index is 10.7. The highest BCUT2D eigenvalue weighted by atomic mass is 16.1. The minimum Gasteiger partial charge on any atom is -0.354 e. The summed E-state index contributed by atoms with van der Waals surface area (Å²) in [6.07, 6.45) is 4.28. The van der Waals surface area contributed by atoms with Crippen LogP contribution in [0.2, 0.25) is 0 Å². The number of hydrogen-bond acceptors (Lipinski definition) is 2. The van der Waals surface area contributed by atoms with E-state index >= 15 is 0 Å². The summed E-state index contributed by atoms with van der Waals surface area (Å²) in [5.74, 6) is -0.108. The molecular weight excluding hydrogens is 116 g/mol. The van der Waals surface area contributed by atoms with Crippen molar-refractivity contribution in [2.24, 2.45) is 4.99 Å². The fourth-order valence-electron chi connectivity index (χ4n) is 0.647. The molecule has 0 aromatic rings. The van der Waals surface area contributed by atoms with Gasteiger partial charge in [0.15, 0.2) is 0 Å². The monoisotopic (exact) mass is 124 g/mol. The Labute approximate surface area is 53.5 Å². The molecule has 9 heavy (non-hydrogen) atoms. The van der Waals surface area contributed by atoms with Crippen molar-refractivity contribution < 1.29 is 4.79 Å². The molecule has 1 amide bonds. The van der Waals surface area contributed by atoms with Crippen molar-refractivity contribution >= 4 is 12.1 Å². The van der Waals surface area contributed by atoms with E-state index in [4.69, 9.17) is 0 Å². The molecule has 0 aromatic heterocycles. The molecule has 1 N–H and O–H groups in total. The van der Waals surface area contributed by atoms with Crippen molar-refractivity contribution in [1.82, 2.24) is 5.32 Å². The third-order valence-electron chi connectivity index (χ3n) is 1.11. The van der Waals surface area contributed by atoms with Crippen LogP contribution in [0, 0.1) is 0 Å². The number of nitrogens with one attached hydrogen (secondary N) is 1. The number of carbonyl (C=O) groups excluding carboxylic acids is 1.